The van der Waals surface area contributed by atoms with Gasteiger partial charge >= 0.3 is 0 Å². The predicted octanol–water partition coefficient (Wildman–Crippen LogP) is 6.74. The van der Waals surface area contributed by atoms with Crippen LogP contribution >= 0.6 is 11.3 Å². The molecule has 0 bridgehead atoms. The van der Waals surface area contributed by atoms with Gasteiger partial charge in [-0.25, -0.2) is 0 Å². The van der Waals surface area contributed by atoms with Crippen molar-refractivity contribution in [1.29, 1.82) is 0 Å². The van der Waals surface area contributed by atoms with Crippen LogP contribution < -0.4 is 10.2 Å². The molecule has 5 aromatic rings. The number of anilines is 2. The van der Waals surface area contributed by atoms with E-state index in [2.05, 4.69) is 10.4 Å². The fourth-order valence-corrected chi connectivity index (χ4v) is 6.75. The van der Waals surface area contributed by atoms with E-state index in [-0.39, 0.29) is 17.6 Å². The molecular weight excluding hydrogens is 532 g/mol. The van der Waals surface area contributed by atoms with Gasteiger partial charge in [-0.15, -0.1) is 11.3 Å². The van der Waals surface area contributed by atoms with Crippen molar-refractivity contribution in [2.24, 2.45) is 13.0 Å². The molecule has 0 unspecified atom stereocenters. The summed E-state index contributed by atoms with van der Waals surface area (Å²) in [5, 5.41) is 8.08. The highest BCUT2D eigenvalue weighted by Crippen LogP contribution is 2.43. The van der Waals surface area contributed by atoms with Crippen LogP contribution in [0.25, 0.3) is 21.3 Å². The lowest BCUT2D eigenvalue weighted by atomic mass is 10.1. The molecule has 2 aromatic heterocycles. The highest BCUT2D eigenvalue weighted by atomic mass is 32.1. The Morgan fingerprint density at radius 2 is 1.73 bits per heavy atom. The molecule has 0 radical (unpaired) electrons. The SMILES string of the molecule is Cn1nc(C(=O)Nc2ccc(C(=O)N3CCc4cc(C(=O)CC5CC5)sc4-c4ccccc43)cc2)c2ccccc21. The van der Waals surface area contributed by atoms with Gasteiger partial charge in [0.1, 0.15) is 0 Å². The standard InChI is InChI=1S/C33H28N4O3S/c1-36-26-8-4-2-6-24(26)30(35-36)32(39)34-23-14-12-21(13-15-23)33(40)37-17-16-22-19-29(28(38)18-20-10-11-20)41-31(22)25-7-3-5-9-27(25)37/h2-9,12-15,19-20H,10-11,16-18H2,1H3,(H,34,39). The Kier molecular flexibility index (Phi) is 6.27. The molecule has 2 amide bonds. The fourth-order valence-electron chi connectivity index (χ4n) is 5.55. The molecule has 41 heavy (non-hydrogen) atoms. The summed E-state index contributed by atoms with van der Waals surface area (Å²) >= 11 is 1.55. The number of Topliss-reactive ketones (excluding diaryl/α,β-unsaturated/α-hetero) is 1. The van der Waals surface area contributed by atoms with Crippen LogP contribution in [0.5, 0.6) is 0 Å². The predicted molar refractivity (Wildman–Crippen MR) is 162 cm³/mol. The number of hydrogen-bond acceptors (Lipinski definition) is 5. The summed E-state index contributed by atoms with van der Waals surface area (Å²) in [6.45, 7) is 0.515. The summed E-state index contributed by atoms with van der Waals surface area (Å²) in [6, 6.07) is 24.5. The summed E-state index contributed by atoms with van der Waals surface area (Å²) in [4.78, 5) is 43.3. The highest BCUT2D eigenvalue weighted by Gasteiger charge is 2.30. The van der Waals surface area contributed by atoms with Crippen molar-refractivity contribution in [3.63, 3.8) is 0 Å². The van der Waals surface area contributed by atoms with Crippen LogP contribution in [0.1, 0.15) is 55.3 Å². The zero-order chi connectivity index (χ0) is 28.1. The number of aryl methyl sites for hydroxylation is 1. The van der Waals surface area contributed by atoms with Gasteiger partial charge in [0.2, 0.25) is 0 Å². The zero-order valence-electron chi connectivity index (χ0n) is 22.6. The van der Waals surface area contributed by atoms with Crippen LogP contribution in [0, 0.1) is 5.92 Å². The third-order valence-electron chi connectivity index (χ3n) is 7.91. The van der Waals surface area contributed by atoms with Gasteiger partial charge in [0.05, 0.1) is 16.1 Å². The minimum atomic E-state index is -0.302. The molecule has 8 heteroatoms. The van der Waals surface area contributed by atoms with E-state index in [1.165, 1.54) is 0 Å². The van der Waals surface area contributed by atoms with Crippen LogP contribution in [-0.2, 0) is 13.5 Å². The number of ketones is 1. The van der Waals surface area contributed by atoms with Crippen LogP contribution in [0.3, 0.4) is 0 Å². The second kappa shape index (κ2) is 10.1. The number of nitrogens with one attached hydrogen (secondary N) is 1. The third kappa shape index (κ3) is 4.74. The Labute approximate surface area is 241 Å². The normalized spacial score (nSPS) is 14.3. The topological polar surface area (TPSA) is 84.3 Å². The Bertz CT molecular complexity index is 1830. The van der Waals surface area contributed by atoms with Crippen molar-refractivity contribution in [3.8, 4) is 10.4 Å². The maximum atomic E-state index is 13.8. The van der Waals surface area contributed by atoms with Crippen molar-refractivity contribution < 1.29 is 14.4 Å². The number of carbonyl (C=O) groups excluding carboxylic acids is 3. The smallest absolute Gasteiger partial charge is 0.276 e. The lowest BCUT2D eigenvalue weighted by Gasteiger charge is -2.23. The summed E-state index contributed by atoms with van der Waals surface area (Å²) in [7, 11) is 1.81. The summed E-state index contributed by atoms with van der Waals surface area (Å²) < 4.78 is 1.69. The first-order chi connectivity index (χ1) is 20.0. The van der Waals surface area contributed by atoms with Crippen LogP contribution in [0.2, 0.25) is 0 Å². The molecule has 3 heterocycles. The minimum Gasteiger partial charge on any atom is -0.321 e. The fraction of sp³-hybridized carbons (Fsp3) is 0.212. The van der Waals surface area contributed by atoms with Gasteiger partial charge in [-0.05, 0) is 73.2 Å². The first kappa shape index (κ1) is 25.4. The number of nitrogens with zero attached hydrogens (tertiary/aromatic N) is 3. The van der Waals surface area contributed by atoms with Crippen molar-refractivity contribution in [2.45, 2.75) is 25.7 Å². The van der Waals surface area contributed by atoms with Crippen molar-refractivity contribution in [2.75, 3.05) is 16.8 Å². The average molecular weight is 561 g/mol. The maximum Gasteiger partial charge on any atom is 0.276 e. The van der Waals surface area contributed by atoms with E-state index in [1.54, 1.807) is 40.3 Å². The van der Waals surface area contributed by atoms with Gasteiger partial charge in [-0.2, -0.15) is 5.10 Å². The van der Waals surface area contributed by atoms with Gasteiger partial charge in [0.25, 0.3) is 11.8 Å². The Morgan fingerprint density at radius 3 is 2.54 bits per heavy atom. The molecule has 0 atom stereocenters. The number of fused-ring (bicyclic) bond motifs is 4. The summed E-state index contributed by atoms with van der Waals surface area (Å²) in [5.41, 5.74) is 5.31. The molecule has 1 N–H and O–H groups in total. The molecule has 2 aliphatic rings. The average Bonchev–Trinajstić information content (AvgIpc) is 3.64. The Morgan fingerprint density at radius 1 is 0.976 bits per heavy atom. The van der Waals surface area contributed by atoms with E-state index >= 15 is 0 Å². The van der Waals surface area contributed by atoms with E-state index in [9.17, 15) is 14.4 Å². The Balaban J connectivity index is 1.11. The summed E-state index contributed by atoms with van der Waals surface area (Å²) in [5.74, 6) is 0.383. The first-order valence-corrected chi connectivity index (χ1v) is 14.7. The molecule has 1 fully saturated rings. The first-order valence-electron chi connectivity index (χ1n) is 13.9. The molecule has 7 nitrogen and oxygen atoms in total. The maximum absolute atomic E-state index is 13.8. The second-order valence-corrected chi connectivity index (χ2v) is 11.8. The molecular formula is C33H28N4O3S. The lowest BCUT2D eigenvalue weighted by Crippen LogP contribution is -2.32. The van der Waals surface area contributed by atoms with E-state index in [0.717, 1.165) is 50.3 Å². The van der Waals surface area contributed by atoms with Crippen LogP contribution in [0.4, 0.5) is 11.4 Å². The van der Waals surface area contributed by atoms with Crippen molar-refractivity contribution >= 4 is 51.2 Å². The molecule has 3 aromatic carbocycles. The van der Waals surface area contributed by atoms with Gasteiger partial charge in [0, 0.05) is 47.1 Å². The number of rotatable bonds is 6. The molecule has 7 rings (SSSR count). The van der Waals surface area contributed by atoms with Gasteiger partial charge in [-0.3, -0.25) is 19.1 Å². The van der Waals surface area contributed by atoms with E-state index in [4.69, 9.17) is 0 Å². The third-order valence-corrected chi connectivity index (χ3v) is 9.16. The molecule has 204 valence electrons. The van der Waals surface area contributed by atoms with Gasteiger partial charge in [0.15, 0.2) is 11.5 Å². The number of para-hydroxylation sites is 2. The number of carbonyl (C=O) groups is 3. The zero-order valence-corrected chi connectivity index (χ0v) is 23.4. The second-order valence-electron chi connectivity index (χ2n) is 10.8. The number of aromatic nitrogens is 2. The monoisotopic (exact) mass is 560 g/mol. The van der Waals surface area contributed by atoms with Gasteiger partial charge < -0.3 is 10.2 Å². The molecule has 0 spiro atoms. The van der Waals surface area contributed by atoms with E-state index < -0.39 is 0 Å². The lowest BCUT2D eigenvalue weighted by molar-refractivity contribution is 0.0974. The minimum absolute atomic E-state index is 0.105. The van der Waals surface area contributed by atoms with E-state index in [1.807, 2.05) is 66.5 Å². The molecule has 1 aliphatic heterocycles. The molecule has 0 saturated heterocycles. The highest BCUT2D eigenvalue weighted by molar-refractivity contribution is 7.17. The van der Waals surface area contributed by atoms with Gasteiger partial charge in [-0.1, -0.05) is 36.4 Å². The molecule has 1 saturated carbocycles. The number of amides is 2. The summed E-state index contributed by atoms with van der Waals surface area (Å²) in [6.07, 6.45) is 3.63. The van der Waals surface area contributed by atoms with Crippen LogP contribution in [0.15, 0.2) is 78.9 Å². The Hall–Kier alpha value is -4.56. The van der Waals surface area contributed by atoms with Crippen LogP contribution in [-0.4, -0.2) is 33.9 Å². The van der Waals surface area contributed by atoms with Crippen molar-refractivity contribution in [1.82, 2.24) is 9.78 Å². The molecule has 1 aliphatic carbocycles. The number of thiophene rings is 1. The number of hydrogen-bond donors (Lipinski definition) is 1. The van der Waals surface area contributed by atoms with E-state index in [0.29, 0.717) is 42.2 Å². The largest absolute Gasteiger partial charge is 0.321 e. The van der Waals surface area contributed by atoms with Crippen molar-refractivity contribution in [3.05, 3.63) is 101 Å². The quantitative estimate of drug-likeness (QED) is 0.233. The number of benzene rings is 3.